The van der Waals surface area contributed by atoms with E-state index in [9.17, 15) is 31.5 Å². The van der Waals surface area contributed by atoms with Crippen molar-refractivity contribution < 1.29 is 31.5 Å². The molecule has 0 spiro atoms. The van der Waals surface area contributed by atoms with E-state index in [0.717, 1.165) is 6.07 Å². The Kier molecular flexibility index (Phi) is 6.56. The third-order valence-corrected chi connectivity index (χ3v) is 9.62. The first-order chi connectivity index (χ1) is 15.9. The highest BCUT2D eigenvalue weighted by Gasteiger charge is 2.53. The molecule has 0 radical (unpaired) electrons. The Labute approximate surface area is 200 Å². The number of hydrogen-bond donors (Lipinski definition) is 2. The Bertz CT molecular complexity index is 1230. The number of anilines is 1. The highest BCUT2D eigenvalue weighted by molar-refractivity contribution is 7.92. The molecule has 2 saturated carbocycles. The molecule has 182 valence electrons. The quantitative estimate of drug-likeness (QED) is 0.406. The van der Waals surface area contributed by atoms with Gasteiger partial charge >= 0.3 is 0 Å². The minimum absolute atomic E-state index is 0.0539. The molecule has 2 aliphatic rings. The van der Waals surface area contributed by atoms with Crippen LogP contribution in [0.15, 0.2) is 47.9 Å². The molecule has 2 atom stereocenters. The number of halogens is 4. The Morgan fingerprint density at radius 3 is 2.29 bits per heavy atom. The summed E-state index contributed by atoms with van der Waals surface area (Å²) >= 11 is 6.23. The maximum Gasteiger partial charge on any atom is 0.255 e. The van der Waals surface area contributed by atoms with Gasteiger partial charge in [-0.25, -0.2) is 21.6 Å². The predicted octanol–water partition coefficient (Wildman–Crippen LogP) is 5.28. The predicted molar refractivity (Wildman–Crippen MR) is 122 cm³/mol. The van der Waals surface area contributed by atoms with Crippen molar-refractivity contribution in [1.29, 1.82) is 0 Å². The van der Waals surface area contributed by atoms with Crippen LogP contribution in [-0.4, -0.2) is 30.3 Å². The molecule has 0 aromatic heterocycles. The molecule has 0 aliphatic heterocycles. The summed E-state index contributed by atoms with van der Waals surface area (Å²) in [6.45, 7) is 3.67. The standard InChI is InChI=1S/C24H23ClF3NO4S/c1-2-7-24(31)11-14-3-4-15(12-24)22(14)34(32,33)20-8-13(5-6-17(20)25)23(30)29-16-9-18(26)21(28)19(27)10-16/h2,5-6,8-10,14-15,22,31H,1,3-4,7,11-12H2,(H,29,30). The monoisotopic (exact) mass is 513 g/mol. The van der Waals surface area contributed by atoms with Gasteiger partial charge < -0.3 is 10.4 Å². The third kappa shape index (κ3) is 4.48. The molecule has 2 unspecified atom stereocenters. The lowest BCUT2D eigenvalue weighted by molar-refractivity contribution is -0.0161. The Balaban J connectivity index is 1.62. The normalized spacial score (nSPS) is 26.3. The lowest BCUT2D eigenvalue weighted by atomic mass is 9.75. The third-order valence-electron chi connectivity index (χ3n) is 6.75. The number of amides is 1. The second kappa shape index (κ2) is 9.02. The van der Waals surface area contributed by atoms with Crippen molar-refractivity contribution in [3.63, 3.8) is 0 Å². The van der Waals surface area contributed by atoms with E-state index >= 15 is 0 Å². The molecule has 2 fully saturated rings. The Morgan fingerprint density at radius 1 is 1.15 bits per heavy atom. The lowest BCUT2D eigenvalue weighted by Crippen LogP contribution is -2.45. The van der Waals surface area contributed by atoms with Crippen LogP contribution in [0.1, 0.15) is 42.5 Å². The summed E-state index contributed by atoms with van der Waals surface area (Å²) in [7, 11) is -3.96. The summed E-state index contributed by atoms with van der Waals surface area (Å²) in [5.74, 6) is -5.97. The highest BCUT2D eigenvalue weighted by atomic mass is 35.5. The van der Waals surface area contributed by atoms with Gasteiger partial charge in [0.05, 0.1) is 20.8 Å². The van der Waals surface area contributed by atoms with Gasteiger partial charge in [-0.15, -0.1) is 6.58 Å². The molecule has 1 amide bonds. The number of carbonyl (C=O) groups is 1. The van der Waals surface area contributed by atoms with Crippen LogP contribution in [0.3, 0.4) is 0 Å². The first-order valence-electron chi connectivity index (χ1n) is 10.8. The number of nitrogens with one attached hydrogen (secondary N) is 1. The van der Waals surface area contributed by atoms with Gasteiger partial charge in [0.1, 0.15) is 0 Å². The number of carbonyl (C=O) groups excluding carboxylic acids is 1. The summed E-state index contributed by atoms with van der Waals surface area (Å²) in [4.78, 5) is 12.4. The fraction of sp³-hybridized carbons (Fsp3) is 0.375. The minimum atomic E-state index is -3.96. The molecule has 2 aromatic rings. The molecule has 0 saturated heterocycles. The van der Waals surface area contributed by atoms with Gasteiger partial charge in [0.15, 0.2) is 27.3 Å². The molecule has 10 heteroatoms. The molecular weight excluding hydrogens is 491 g/mol. The minimum Gasteiger partial charge on any atom is -0.390 e. The van der Waals surface area contributed by atoms with Gasteiger partial charge in [-0.05, 0) is 62.1 Å². The second-order valence-corrected chi connectivity index (χ2v) is 11.6. The van der Waals surface area contributed by atoms with Crippen LogP contribution < -0.4 is 5.32 Å². The zero-order valence-corrected chi connectivity index (χ0v) is 19.6. The average molecular weight is 514 g/mol. The van der Waals surface area contributed by atoms with E-state index in [4.69, 9.17) is 11.6 Å². The second-order valence-electron chi connectivity index (χ2n) is 9.09. The van der Waals surface area contributed by atoms with Crippen molar-refractivity contribution in [1.82, 2.24) is 0 Å². The fourth-order valence-electron chi connectivity index (χ4n) is 5.42. The van der Waals surface area contributed by atoms with Crippen molar-refractivity contribution in [3.05, 3.63) is 71.0 Å². The number of fused-ring (bicyclic) bond motifs is 2. The van der Waals surface area contributed by atoms with Crippen molar-refractivity contribution in [2.24, 2.45) is 11.8 Å². The van der Waals surface area contributed by atoms with Crippen LogP contribution in [0.5, 0.6) is 0 Å². The van der Waals surface area contributed by atoms with Crippen LogP contribution in [0.2, 0.25) is 5.02 Å². The van der Waals surface area contributed by atoms with Crippen LogP contribution in [0, 0.1) is 29.3 Å². The fourth-order valence-corrected chi connectivity index (χ4v) is 8.26. The number of hydrogen-bond acceptors (Lipinski definition) is 4. The van der Waals surface area contributed by atoms with Gasteiger partial charge in [-0.3, -0.25) is 4.79 Å². The highest BCUT2D eigenvalue weighted by Crippen LogP contribution is 2.52. The summed E-state index contributed by atoms with van der Waals surface area (Å²) in [6.07, 6.45) is 4.00. The van der Waals surface area contributed by atoms with Gasteiger partial charge in [0.25, 0.3) is 5.91 Å². The van der Waals surface area contributed by atoms with Crippen LogP contribution in [0.4, 0.5) is 18.9 Å². The summed E-state index contributed by atoms with van der Waals surface area (Å²) in [5.41, 5.74) is -1.41. The van der Waals surface area contributed by atoms with E-state index in [1.54, 1.807) is 6.08 Å². The van der Waals surface area contributed by atoms with Crippen molar-refractivity contribution in [2.75, 3.05) is 5.32 Å². The first-order valence-corrected chi connectivity index (χ1v) is 12.7. The van der Waals surface area contributed by atoms with Gasteiger partial charge in [-0.2, -0.15) is 0 Å². The summed E-state index contributed by atoms with van der Waals surface area (Å²) < 4.78 is 67.4. The van der Waals surface area contributed by atoms with Crippen molar-refractivity contribution in [3.8, 4) is 0 Å². The zero-order valence-electron chi connectivity index (χ0n) is 18.0. The lowest BCUT2D eigenvalue weighted by Gasteiger charge is -2.40. The van der Waals surface area contributed by atoms with Crippen LogP contribution in [0.25, 0.3) is 0 Å². The molecule has 2 bridgehead atoms. The summed E-state index contributed by atoms with van der Waals surface area (Å²) in [6, 6.07) is 4.93. The van der Waals surface area contributed by atoms with Gasteiger partial charge in [0.2, 0.25) is 0 Å². The molecule has 34 heavy (non-hydrogen) atoms. The zero-order chi connectivity index (χ0) is 24.8. The molecule has 2 aliphatic carbocycles. The van der Waals surface area contributed by atoms with Crippen molar-refractivity contribution >= 4 is 33.0 Å². The Hall–Kier alpha value is -2.36. The molecular formula is C24H23ClF3NO4S. The first kappa shape index (κ1) is 24.8. The van der Waals surface area contributed by atoms with Gasteiger partial charge in [0, 0.05) is 23.4 Å². The van der Waals surface area contributed by atoms with Crippen molar-refractivity contribution in [2.45, 2.75) is 47.9 Å². The Morgan fingerprint density at radius 2 is 1.74 bits per heavy atom. The SMILES string of the molecule is C=CCC1(O)CC2CCC(C1)C2S(=O)(=O)c1cc(C(=O)Nc2cc(F)c(F)c(F)c2)ccc1Cl. The van der Waals surface area contributed by atoms with Gasteiger partial charge in [-0.1, -0.05) is 17.7 Å². The van der Waals surface area contributed by atoms with E-state index in [1.807, 2.05) is 0 Å². The van der Waals surface area contributed by atoms with E-state index in [0.29, 0.717) is 44.2 Å². The molecule has 4 rings (SSSR count). The molecule has 0 heterocycles. The van der Waals surface area contributed by atoms with Crippen LogP contribution in [-0.2, 0) is 9.84 Å². The van der Waals surface area contributed by atoms with E-state index in [2.05, 4.69) is 11.9 Å². The molecule has 2 N–H and O–H groups in total. The van der Waals surface area contributed by atoms with E-state index in [-0.39, 0.29) is 33.0 Å². The largest absolute Gasteiger partial charge is 0.390 e. The van der Waals surface area contributed by atoms with E-state index in [1.165, 1.54) is 12.1 Å². The average Bonchev–Trinajstić information content (AvgIpc) is 3.05. The number of sulfone groups is 1. The van der Waals surface area contributed by atoms with Crippen LogP contribution >= 0.6 is 11.6 Å². The number of aliphatic hydroxyl groups is 1. The maximum absolute atomic E-state index is 13.6. The molecule has 2 aromatic carbocycles. The van der Waals surface area contributed by atoms with E-state index < -0.39 is 44.0 Å². The summed E-state index contributed by atoms with van der Waals surface area (Å²) in [5, 5.41) is 12.3. The topological polar surface area (TPSA) is 83.5 Å². The maximum atomic E-state index is 13.6. The molecule has 5 nitrogen and oxygen atoms in total. The number of benzene rings is 2. The smallest absolute Gasteiger partial charge is 0.255 e. The number of rotatable bonds is 6.